The highest BCUT2D eigenvalue weighted by atomic mass is 32.2. The molecule has 0 saturated carbocycles. The van der Waals surface area contributed by atoms with E-state index in [0.717, 1.165) is 0 Å². The van der Waals surface area contributed by atoms with Crippen molar-refractivity contribution in [3.63, 3.8) is 0 Å². The Hall–Kier alpha value is -1.77. The van der Waals surface area contributed by atoms with E-state index in [4.69, 9.17) is 9.47 Å². The SMILES string of the molecule is CC(=O)COC(=O)c1cccc(S(=O)(=O)N2C[C@@H](C)O[C@H](C)C2)c1. The van der Waals surface area contributed by atoms with E-state index >= 15 is 0 Å². The van der Waals surface area contributed by atoms with Crippen molar-refractivity contribution in [1.82, 2.24) is 4.31 Å². The summed E-state index contributed by atoms with van der Waals surface area (Å²) in [4.78, 5) is 22.8. The zero-order valence-corrected chi connectivity index (χ0v) is 14.7. The van der Waals surface area contributed by atoms with Crippen molar-refractivity contribution in [3.05, 3.63) is 29.8 Å². The number of ketones is 1. The Morgan fingerprint density at radius 3 is 2.46 bits per heavy atom. The third-order valence-electron chi connectivity index (χ3n) is 3.50. The summed E-state index contributed by atoms with van der Waals surface area (Å²) in [5, 5.41) is 0. The van der Waals surface area contributed by atoms with E-state index in [1.54, 1.807) is 0 Å². The van der Waals surface area contributed by atoms with Crippen LogP contribution in [0.2, 0.25) is 0 Å². The fourth-order valence-electron chi connectivity index (χ4n) is 2.51. The molecule has 1 aromatic carbocycles. The summed E-state index contributed by atoms with van der Waals surface area (Å²) in [6.07, 6.45) is -0.403. The van der Waals surface area contributed by atoms with Crippen LogP contribution in [0.25, 0.3) is 0 Å². The van der Waals surface area contributed by atoms with E-state index in [0.29, 0.717) is 0 Å². The molecule has 0 aliphatic carbocycles. The van der Waals surface area contributed by atoms with Crippen LogP contribution in [0.1, 0.15) is 31.1 Å². The molecule has 0 amide bonds. The van der Waals surface area contributed by atoms with Crippen molar-refractivity contribution in [1.29, 1.82) is 0 Å². The Kier molecular flexibility index (Phi) is 5.74. The van der Waals surface area contributed by atoms with Gasteiger partial charge in [0.15, 0.2) is 5.78 Å². The molecule has 0 radical (unpaired) electrons. The monoisotopic (exact) mass is 355 g/mol. The number of sulfonamides is 1. The van der Waals surface area contributed by atoms with Gasteiger partial charge in [-0.1, -0.05) is 6.07 Å². The summed E-state index contributed by atoms with van der Waals surface area (Å²) < 4.78 is 37.3. The lowest BCUT2D eigenvalue weighted by Crippen LogP contribution is -2.48. The molecule has 24 heavy (non-hydrogen) atoms. The van der Waals surface area contributed by atoms with E-state index in [9.17, 15) is 18.0 Å². The molecule has 0 aromatic heterocycles. The molecule has 0 unspecified atom stereocenters. The summed E-state index contributed by atoms with van der Waals surface area (Å²) in [7, 11) is -3.74. The molecular weight excluding hydrogens is 334 g/mol. The predicted octanol–water partition coefficient (Wildman–Crippen LogP) is 1.23. The first-order valence-electron chi connectivity index (χ1n) is 7.62. The third-order valence-corrected chi connectivity index (χ3v) is 5.33. The van der Waals surface area contributed by atoms with Crippen LogP contribution >= 0.6 is 0 Å². The lowest BCUT2D eigenvalue weighted by Gasteiger charge is -2.34. The minimum atomic E-state index is -3.74. The van der Waals surface area contributed by atoms with E-state index in [1.807, 2.05) is 13.8 Å². The third kappa shape index (κ3) is 4.40. The Bertz CT molecular complexity index is 720. The lowest BCUT2D eigenvalue weighted by molar-refractivity contribution is -0.120. The smallest absolute Gasteiger partial charge is 0.338 e. The standard InChI is InChI=1S/C16H21NO6S/c1-11(18)10-22-16(19)14-5-4-6-15(7-14)24(20,21)17-8-12(2)23-13(3)9-17/h4-7,12-13H,8-10H2,1-3H3/t12-,13-/m1/s1. The van der Waals surface area contributed by atoms with Crippen molar-refractivity contribution in [3.8, 4) is 0 Å². The van der Waals surface area contributed by atoms with Gasteiger partial charge in [-0.25, -0.2) is 13.2 Å². The van der Waals surface area contributed by atoms with Crippen LogP contribution in [0.4, 0.5) is 0 Å². The normalized spacial score (nSPS) is 22.1. The first-order chi connectivity index (χ1) is 11.2. The van der Waals surface area contributed by atoms with Crippen LogP contribution < -0.4 is 0 Å². The van der Waals surface area contributed by atoms with Gasteiger partial charge >= 0.3 is 5.97 Å². The summed E-state index contributed by atoms with van der Waals surface area (Å²) >= 11 is 0. The highest BCUT2D eigenvalue weighted by Crippen LogP contribution is 2.22. The van der Waals surface area contributed by atoms with Gasteiger partial charge in [-0.3, -0.25) is 4.79 Å². The van der Waals surface area contributed by atoms with Gasteiger partial charge in [0, 0.05) is 13.1 Å². The van der Waals surface area contributed by atoms with Gasteiger partial charge in [-0.15, -0.1) is 0 Å². The fraction of sp³-hybridized carbons (Fsp3) is 0.500. The molecule has 0 spiro atoms. The van der Waals surface area contributed by atoms with Crippen molar-refractivity contribution < 1.29 is 27.5 Å². The van der Waals surface area contributed by atoms with Gasteiger partial charge in [-0.05, 0) is 39.0 Å². The number of benzene rings is 1. The number of morpholine rings is 1. The molecule has 8 heteroatoms. The van der Waals surface area contributed by atoms with Crippen LogP contribution in [0.3, 0.4) is 0 Å². The molecule has 2 atom stereocenters. The first kappa shape index (κ1) is 18.6. The fourth-order valence-corrected chi connectivity index (χ4v) is 4.15. The van der Waals surface area contributed by atoms with Gasteiger partial charge in [0.1, 0.15) is 6.61 Å². The maximum atomic E-state index is 12.8. The number of nitrogens with zero attached hydrogens (tertiary/aromatic N) is 1. The molecular formula is C16H21NO6S. The van der Waals surface area contributed by atoms with Crippen LogP contribution in [-0.2, 0) is 24.3 Å². The van der Waals surface area contributed by atoms with Crippen molar-refractivity contribution in [2.45, 2.75) is 37.9 Å². The van der Waals surface area contributed by atoms with Gasteiger partial charge in [0.25, 0.3) is 0 Å². The van der Waals surface area contributed by atoms with Crippen molar-refractivity contribution in [2.75, 3.05) is 19.7 Å². The number of hydrogen-bond donors (Lipinski definition) is 0. The molecule has 1 fully saturated rings. The molecule has 1 saturated heterocycles. The quantitative estimate of drug-likeness (QED) is 0.738. The van der Waals surface area contributed by atoms with Crippen LogP contribution in [0, 0.1) is 0 Å². The second-order valence-corrected chi connectivity index (χ2v) is 7.82. The van der Waals surface area contributed by atoms with E-state index in [-0.39, 0.29) is 48.1 Å². The number of carbonyl (C=O) groups is 2. The van der Waals surface area contributed by atoms with E-state index in [2.05, 4.69) is 0 Å². The number of carbonyl (C=O) groups excluding carboxylic acids is 2. The Balaban J connectivity index is 2.23. The minimum Gasteiger partial charge on any atom is -0.454 e. The zero-order chi connectivity index (χ0) is 17.9. The van der Waals surface area contributed by atoms with E-state index < -0.39 is 16.0 Å². The molecule has 1 aromatic rings. The van der Waals surface area contributed by atoms with Crippen LogP contribution in [-0.4, -0.2) is 56.4 Å². The number of Topliss-reactive ketones (excluding diaryl/α,β-unsaturated/α-hetero) is 1. The van der Waals surface area contributed by atoms with Gasteiger partial charge in [0.05, 0.1) is 22.7 Å². The molecule has 7 nitrogen and oxygen atoms in total. The molecule has 2 rings (SSSR count). The van der Waals surface area contributed by atoms with E-state index in [1.165, 1.54) is 35.5 Å². The summed E-state index contributed by atoms with van der Waals surface area (Å²) in [6.45, 7) is 5.10. The van der Waals surface area contributed by atoms with Gasteiger partial charge in [0.2, 0.25) is 10.0 Å². The number of rotatable bonds is 5. The zero-order valence-electron chi connectivity index (χ0n) is 13.9. The maximum Gasteiger partial charge on any atom is 0.338 e. The van der Waals surface area contributed by atoms with Gasteiger partial charge < -0.3 is 9.47 Å². The molecule has 0 bridgehead atoms. The molecule has 132 valence electrons. The minimum absolute atomic E-state index is 0.0149. The summed E-state index contributed by atoms with van der Waals surface area (Å²) in [5.74, 6) is -1.02. The summed E-state index contributed by atoms with van der Waals surface area (Å²) in [5.41, 5.74) is 0.0895. The molecule has 1 aliphatic rings. The molecule has 0 N–H and O–H groups in total. The highest BCUT2D eigenvalue weighted by molar-refractivity contribution is 7.89. The number of esters is 1. The van der Waals surface area contributed by atoms with Gasteiger partial charge in [-0.2, -0.15) is 4.31 Å². The van der Waals surface area contributed by atoms with Crippen LogP contribution in [0.15, 0.2) is 29.2 Å². The van der Waals surface area contributed by atoms with Crippen molar-refractivity contribution >= 4 is 21.8 Å². The average Bonchev–Trinajstić information content (AvgIpc) is 2.51. The van der Waals surface area contributed by atoms with Crippen molar-refractivity contribution in [2.24, 2.45) is 0 Å². The van der Waals surface area contributed by atoms with Crippen LogP contribution in [0.5, 0.6) is 0 Å². The summed E-state index contributed by atoms with van der Waals surface area (Å²) in [6, 6.07) is 5.63. The first-order valence-corrected chi connectivity index (χ1v) is 9.06. The Labute approximate surface area is 141 Å². The Morgan fingerprint density at radius 2 is 1.88 bits per heavy atom. The average molecular weight is 355 g/mol. The molecule has 1 aliphatic heterocycles. The second kappa shape index (κ2) is 7.42. The number of ether oxygens (including phenoxy) is 2. The topological polar surface area (TPSA) is 90.0 Å². The Morgan fingerprint density at radius 1 is 1.25 bits per heavy atom. The lowest BCUT2D eigenvalue weighted by atomic mass is 10.2. The largest absolute Gasteiger partial charge is 0.454 e. The maximum absolute atomic E-state index is 12.8. The highest BCUT2D eigenvalue weighted by Gasteiger charge is 2.32. The molecule has 1 heterocycles. The number of hydrogen-bond acceptors (Lipinski definition) is 6. The predicted molar refractivity (Wildman–Crippen MR) is 86.2 cm³/mol. The second-order valence-electron chi connectivity index (χ2n) is 5.89.